The Morgan fingerprint density at radius 2 is 1.72 bits per heavy atom. The van der Waals surface area contributed by atoms with Crippen LogP contribution in [0.2, 0.25) is 0 Å². The molecule has 0 radical (unpaired) electrons. The number of aryl methyl sites for hydroxylation is 2. The number of rotatable bonds is 6. The maximum absolute atomic E-state index is 13.4. The van der Waals surface area contributed by atoms with Crippen molar-refractivity contribution in [1.29, 1.82) is 0 Å². The fraction of sp³-hybridized carbons (Fsp3) is 0.269. The van der Waals surface area contributed by atoms with Gasteiger partial charge in [0.2, 0.25) is 0 Å². The van der Waals surface area contributed by atoms with Crippen molar-refractivity contribution in [2.24, 2.45) is 0 Å². The molecule has 1 N–H and O–H groups in total. The first-order valence-electron chi connectivity index (χ1n) is 11.3. The van der Waals surface area contributed by atoms with Crippen LogP contribution in [0.1, 0.15) is 39.9 Å². The predicted octanol–water partition coefficient (Wildman–Crippen LogP) is 6.88. The molecule has 4 rings (SSSR count). The van der Waals surface area contributed by atoms with Crippen molar-refractivity contribution in [3.63, 3.8) is 0 Å². The molecule has 1 aliphatic rings. The molecular formula is C26H24F3N3O4. The van der Waals surface area contributed by atoms with Crippen molar-refractivity contribution in [2.45, 2.75) is 32.9 Å². The van der Waals surface area contributed by atoms with E-state index in [2.05, 4.69) is 5.32 Å². The molecule has 3 aromatic rings. The molecule has 7 nitrogen and oxygen atoms in total. The standard InChI is InChI=1S/C26H24F3N3O4/c1-16-5-8-20(13-17(16)2)36-24-10-7-19(26(27,28)29)15-21(24)30-25(33)18-6-9-22(23(14-18)32(34)35)31-11-3-4-12-31/h5-10,13-15H,3-4,11-12H2,1-2H3,(H,30,33). The SMILES string of the molecule is Cc1ccc(Oc2ccc(C(F)(F)F)cc2NC(=O)c2ccc(N3CCCC3)c([N+](=O)[O-])c2)cc1C. The number of carbonyl (C=O) groups excluding carboxylic acids is 1. The number of nitro groups is 1. The summed E-state index contributed by atoms with van der Waals surface area (Å²) >= 11 is 0. The van der Waals surface area contributed by atoms with Crippen molar-refractivity contribution in [3.05, 3.63) is 87.0 Å². The monoisotopic (exact) mass is 499 g/mol. The summed E-state index contributed by atoms with van der Waals surface area (Å²) in [6.45, 7) is 5.14. The third-order valence-electron chi connectivity index (χ3n) is 6.14. The van der Waals surface area contributed by atoms with Gasteiger partial charge in [0.1, 0.15) is 11.4 Å². The van der Waals surface area contributed by atoms with Gasteiger partial charge in [-0.05, 0) is 80.3 Å². The first-order chi connectivity index (χ1) is 17.0. The van der Waals surface area contributed by atoms with Crippen LogP contribution in [-0.4, -0.2) is 23.9 Å². The van der Waals surface area contributed by atoms with Crippen LogP contribution < -0.4 is 15.0 Å². The van der Waals surface area contributed by atoms with Crippen LogP contribution in [0.5, 0.6) is 11.5 Å². The Kier molecular flexibility index (Phi) is 6.87. The number of hydrogen-bond acceptors (Lipinski definition) is 5. The third kappa shape index (κ3) is 5.42. The van der Waals surface area contributed by atoms with Crippen LogP contribution in [0.3, 0.4) is 0 Å². The molecule has 0 aliphatic carbocycles. The van der Waals surface area contributed by atoms with Gasteiger partial charge >= 0.3 is 6.18 Å². The maximum Gasteiger partial charge on any atom is 0.416 e. The molecule has 1 heterocycles. The summed E-state index contributed by atoms with van der Waals surface area (Å²) in [5.41, 5.74) is 0.879. The summed E-state index contributed by atoms with van der Waals surface area (Å²) < 4.78 is 46.0. The van der Waals surface area contributed by atoms with E-state index in [0.717, 1.165) is 48.2 Å². The maximum atomic E-state index is 13.4. The molecule has 188 valence electrons. The van der Waals surface area contributed by atoms with E-state index in [1.165, 1.54) is 12.1 Å². The van der Waals surface area contributed by atoms with Gasteiger partial charge in [-0.2, -0.15) is 13.2 Å². The lowest BCUT2D eigenvalue weighted by Gasteiger charge is -2.18. The highest BCUT2D eigenvalue weighted by Crippen LogP contribution is 2.38. The van der Waals surface area contributed by atoms with Crippen LogP contribution in [0.15, 0.2) is 54.6 Å². The number of alkyl halides is 3. The van der Waals surface area contributed by atoms with Crippen LogP contribution in [0, 0.1) is 24.0 Å². The molecule has 10 heteroatoms. The number of nitro benzene ring substituents is 1. The number of halogens is 3. The Morgan fingerprint density at radius 1 is 1.00 bits per heavy atom. The van der Waals surface area contributed by atoms with Crippen molar-refractivity contribution >= 4 is 23.0 Å². The molecule has 0 spiro atoms. The van der Waals surface area contributed by atoms with Gasteiger partial charge in [0, 0.05) is 24.7 Å². The molecule has 3 aromatic carbocycles. The topological polar surface area (TPSA) is 84.7 Å². The number of amides is 1. The second kappa shape index (κ2) is 9.88. The first kappa shape index (κ1) is 25.0. The Labute approximate surface area is 205 Å². The molecule has 0 bridgehead atoms. The van der Waals surface area contributed by atoms with Crippen molar-refractivity contribution in [3.8, 4) is 11.5 Å². The highest BCUT2D eigenvalue weighted by atomic mass is 19.4. The van der Waals surface area contributed by atoms with Gasteiger partial charge in [-0.25, -0.2) is 0 Å². The number of carbonyl (C=O) groups is 1. The normalized spacial score (nSPS) is 13.5. The zero-order valence-corrected chi connectivity index (χ0v) is 19.7. The predicted molar refractivity (Wildman–Crippen MR) is 130 cm³/mol. The van der Waals surface area contributed by atoms with Gasteiger partial charge in [-0.1, -0.05) is 6.07 Å². The smallest absolute Gasteiger partial charge is 0.416 e. The van der Waals surface area contributed by atoms with Gasteiger partial charge in [0.05, 0.1) is 16.2 Å². The van der Waals surface area contributed by atoms with E-state index in [4.69, 9.17) is 4.74 Å². The summed E-state index contributed by atoms with van der Waals surface area (Å²) in [7, 11) is 0. The van der Waals surface area contributed by atoms with Crippen molar-refractivity contribution in [2.75, 3.05) is 23.3 Å². The lowest BCUT2D eigenvalue weighted by molar-refractivity contribution is -0.384. The van der Waals surface area contributed by atoms with E-state index in [-0.39, 0.29) is 22.7 Å². The second-order valence-corrected chi connectivity index (χ2v) is 8.67. The zero-order valence-electron chi connectivity index (χ0n) is 19.7. The van der Waals surface area contributed by atoms with E-state index < -0.39 is 22.6 Å². The summed E-state index contributed by atoms with van der Waals surface area (Å²) in [4.78, 5) is 26.0. The first-order valence-corrected chi connectivity index (χ1v) is 11.3. The molecule has 1 aliphatic heterocycles. The molecule has 1 saturated heterocycles. The lowest BCUT2D eigenvalue weighted by Crippen LogP contribution is -2.20. The fourth-order valence-electron chi connectivity index (χ4n) is 4.03. The Morgan fingerprint density at radius 3 is 2.36 bits per heavy atom. The average Bonchev–Trinajstić information content (AvgIpc) is 3.36. The number of nitrogens with zero attached hydrogens (tertiary/aromatic N) is 2. The summed E-state index contributed by atoms with van der Waals surface area (Å²) in [6, 6.07) is 12.1. The number of anilines is 2. The quantitative estimate of drug-likeness (QED) is 0.295. The Hall–Kier alpha value is -4.08. The Bertz CT molecular complexity index is 1320. The van der Waals surface area contributed by atoms with Crippen LogP contribution in [0.4, 0.5) is 30.2 Å². The number of benzene rings is 3. The summed E-state index contributed by atoms with van der Waals surface area (Å²) in [5.74, 6) is -0.405. The number of nitrogens with one attached hydrogen (secondary N) is 1. The Balaban J connectivity index is 1.67. The molecule has 0 atom stereocenters. The largest absolute Gasteiger partial charge is 0.455 e. The van der Waals surface area contributed by atoms with Gasteiger partial charge in [-0.15, -0.1) is 0 Å². The third-order valence-corrected chi connectivity index (χ3v) is 6.14. The fourth-order valence-corrected chi connectivity index (χ4v) is 4.03. The molecule has 36 heavy (non-hydrogen) atoms. The zero-order chi connectivity index (χ0) is 26.0. The lowest BCUT2D eigenvalue weighted by atomic mass is 10.1. The second-order valence-electron chi connectivity index (χ2n) is 8.67. The average molecular weight is 499 g/mol. The van der Waals surface area contributed by atoms with Gasteiger partial charge < -0.3 is 15.0 Å². The number of ether oxygens (including phenoxy) is 1. The molecule has 0 unspecified atom stereocenters. The van der Waals surface area contributed by atoms with Crippen molar-refractivity contribution in [1.82, 2.24) is 0 Å². The minimum absolute atomic E-state index is 0.00258. The molecule has 1 amide bonds. The summed E-state index contributed by atoms with van der Waals surface area (Å²) in [5, 5.41) is 14.1. The molecule has 0 aromatic heterocycles. The molecule has 0 saturated carbocycles. The van der Waals surface area contributed by atoms with E-state index in [1.807, 2.05) is 24.8 Å². The molecular weight excluding hydrogens is 475 g/mol. The molecule has 1 fully saturated rings. The highest BCUT2D eigenvalue weighted by molar-refractivity contribution is 6.06. The van der Waals surface area contributed by atoms with Crippen LogP contribution in [0.25, 0.3) is 0 Å². The minimum Gasteiger partial charge on any atom is -0.455 e. The van der Waals surface area contributed by atoms with Crippen LogP contribution >= 0.6 is 0 Å². The van der Waals surface area contributed by atoms with E-state index in [1.54, 1.807) is 12.1 Å². The van der Waals surface area contributed by atoms with Crippen LogP contribution in [-0.2, 0) is 6.18 Å². The minimum atomic E-state index is -4.64. The van der Waals surface area contributed by atoms with Gasteiger partial charge in [0.25, 0.3) is 11.6 Å². The number of hydrogen-bond donors (Lipinski definition) is 1. The van der Waals surface area contributed by atoms with E-state index in [0.29, 0.717) is 24.5 Å². The highest BCUT2D eigenvalue weighted by Gasteiger charge is 2.32. The van der Waals surface area contributed by atoms with E-state index >= 15 is 0 Å². The van der Waals surface area contributed by atoms with E-state index in [9.17, 15) is 28.1 Å². The van der Waals surface area contributed by atoms with Crippen molar-refractivity contribution < 1.29 is 27.6 Å². The summed E-state index contributed by atoms with van der Waals surface area (Å²) in [6.07, 6.45) is -2.81. The van der Waals surface area contributed by atoms with Gasteiger partial charge in [0.15, 0.2) is 5.75 Å². The van der Waals surface area contributed by atoms with Gasteiger partial charge in [-0.3, -0.25) is 14.9 Å².